The van der Waals surface area contributed by atoms with Crippen LogP contribution in [0.3, 0.4) is 0 Å². The molecule has 0 fully saturated rings. The Kier molecular flexibility index (Phi) is 2.82. The van der Waals surface area contributed by atoms with E-state index in [-0.39, 0.29) is 0 Å². The minimum atomic E-state index is 0.460. The van der Waals surface area contributed by atoms with Gasteiger partial charge in [0.2, 0.25) is 0 Å². The predicted octanol–water partition coefficient (Wildman–Crippen LogP) is 3.27. The van der Waals surface area contributed by atoms with E-state index in [1.165, 1.54) is 0 Å². The zero-order valence-electron chi connectivity index (χ0n) is 8.67. The average molecular weight is 212 g/mol. The van der Waals surface area contributed by atoms with Crippen molar-refractivity contribution in [2.75, 3.05) is 11.5 Å². The van der Waals surface area contributed by atoms with Crippen LogP contribution in [0.2, 0.25) is 0 Å². The van der Waals surface area contributed by atoms with E-state index >= 15 is 0 Å². The minimum absolute atomic E-state index is 0.460. The second-order valence-corrected chi connectivity index (χ2v) is 3.32. The van der Waals surface area contributed by atoms with Gasteiger partial charge in [-0.1, -0.05) is 24.3 Å². The fraction of sp³-hybridized carbons (Fsp3) is 0. The summed E-state index contributed by atoms with van der Waals surface area (Å²) in [6, 6.07) is 14.8. The summed E-state index contributed by atoms with van der Waals surface area (Å²) in [5.41, 5.74) is 13.8. The lowest BCUT2D eigenvalue weighted by molar-refractivity contribution is 1.23. The van der Waals surface area contributed by atoms with E-state index in [2.05, 4.69) is 10.2 Å². The van der Waals surface area contributed by atoms with Crippen molar-refractivity contribution in [3.8, 4) is 0 Å². The Morgan fingerprint density at radius 3 is 2.25 bits per heavy atom. The normalized spacial score (nSPS) is 10.8. The van der Waals surface area contributed by atoms with Crippen molar-refractivity contribution >= 4 is 22.7 Å². The first kappa shape index (κ1) is 10.2. The maximum Gasteiger partial charge on any atom is 0.111 e. The van der Waals surface area contributed by atoms with E-state index in [0.717, 1.165) is 5.69 Å². The smallest absolute Gasteiger partial charge is 0.111 e. The van der Waals surface area contributed by atoms with Crippen LogP contribution in [0.15, 0.2) is 58.8 Å². The van der Waals surface area contributed by atoms with Gasteiger partial charge in [0.15, 0.2) is 0 Å². The number of anilines is 2. The number of nitrogen functional groups attached to an aromatic ring is 2. The lowest BCUT2D eigenvalue weighted by Gasteiger charge is -2.01. The first-order valence-electron chi connectivity index (χ1n) is 4.88. The largest absolute Gasteiger partial charge is 0.397 e. The summed E-state index contributed by atoms with van der Waals surface area (Å²) in [6.45, 7) is 0. The third-order valence-corrected chi connectivity index (χ3v) is 2.15. The molecule has 0 aliphatic rings. The number of benzene rings is 2. The zero-order valence-corrected chi connectivity index (χ0v) is 8.67. The van der Waals surface area contributed by atoms with Gasteiger partial charge in [0.05, 0.1) is 17.1 Å². The molecule has 16 heavy (non-hydrogen) atoms. The maximum atomic E-state index is 5.77. The summed E-state index contributed by atoms with van der Waals surface area (Å²) in [6.07, 6.45) is 0. The molecule has 80 valence electrons. The van der Waals surface area contributed by atoms with E-state index in [1.807, 2.05) is 30.3 Å². The van der Waals surface area contributed by atoms with Gasteiger partial charge < -0.3 is 11.5 Å². The van der Waals surface area contributed by atoms with E-state index < -0.39 is 0 Å². The summed E-state index contributed by atoms with van der Waals surface area (Å²) in [5, 5.41) is 8.12. The monoisotopic (exact) mass is 212 g/mol. The molecule has 0 unspecified atom stereocenters. The third kappa shape index (κ3) is 2.17. The van der Waals surface area contributed by atoms with E-state index in [4.69, 9.17) is 11.5 Å². The molecule has 0 aliphatic heterocycles. The molecule has 0 aromatic heterocycles. The molecule has 4 heteroatoms. The topological polar surface area (TPSA) is 76.8 Å². The SMILES string of the molecule is Nc1cccc(/N=N/c2ccccc2)c1N. The van der Waals surface area contributed by atoms with Crippen molar-refractivity contribution in [3.05, 3.63) is 48.5 Å². The van der Waals surface area contributed by atoms with Gasteiger partial charge in [-0.05, 0) is 24.3 Å². The van der Waals surface area contributed by atoms with Crippen molar-refractivity contribution < 1.29 is 0 Å². The van der Waals surface area contributed by atoms with Crippen LogP contribution in [0, 0.1) is 0 Å². The number of hydrogen-bond donors (Lipinski definition) is 2. The average Bonchev–Trinajstić information content (AvgIpc) is 2.32. The molecular formula is C12H12N4. The Labute approximate surface area is 93.6 Å². The van der Waals surface area contributed by atoms with Gasteiger partial charge in [-0.25, -0.2) is 0 Å². The molecule has 0 amide bonds. The first-order valence-corrected chi connectivity index (χ1v) is 4.88. The van der Waals surface area contributed by atoms with Gasteiger partial charge in [0, 0.05) is 0 Å². The van der Waals surface area contributed by atoms with Gasteiger partial charge in [0.25, 0.3) is 0 Å². The van der Waals surface area contributed by atoms with Crippen molar-refractivity contribution in [1.82, 2.24) is 0 Å². The van der Waals surface area contributed by atoms with Crippen molar-refractivity contribution in [3.63, 3.8) is 0 Å². The van der Waals surface area contributed by atoms with Crippen LogP contribution in [0.1, 0.15) is 0 Å². The lowest BCUT2D eigenvalue weighted by Crippen LogP contribution is -1.93. The molecule has 2 rings (SSSR count). The highest BCUT2D eigenvalue weighted by atomic mass is 15.1. The molecule has 0 saturated heterocycles. The maximum absolute atomic E-state index is 5.77. The van der Waals surface area contributed by atoms with Gasteiger partial charge in [-0.2, -0.15) is 5.11 Å². The van der Waals surface area contributed by atoms with Gasteiger partial charge in [0.1, 0.15) is 5.69 Å². The molecule has 0 atom stereocenters. The molecule has 4 nitrogen and oxygen atoms in total. The number of rotatable bonds is 2. The number of azo groups is 1. The van der Waals surface area contributed by atoms with Crippen molar-refractivity contribution in [2.45, 2.75) is 0 Å². The van der Waals surface area contributed by atoms with Crippen molar-refractivity contribution in [1.29, 1.82) is 0 Å². The number of nitrogens with two attached hydrogens (primary N) is 2. The first-order chi connectivity index (χ1) is 7.77. The number of para-hydroxylation sites is 1. The summed E-state index contributed by atoms with van der Waals surface area (Å²) in [7, 11) is 0. The highest BCUT2D eigenvalue weighted by Gasteiger charge is 1.99. The fourth-order valence-corrected chi connectivity index (χ4v) is 1.26. The second kappa shape index (κ2) is 4.44. The Balaban J connectivity index is 2.28. The highest BCUT2D eigenvalue weighted by molar-refractivity contribution is 5.76. The molecule has 0 aliphatic carbocycles. The standard InChI is InChI=1S/C12H12N4/c13-10-7-4-8-11(12(10)14)16-15-9-5-2-1-3-6-9/h1-8H,13-14H2/b16-15+. The quantitative estimate of drug-likeness (QED) is 0.592. The summed E-state index contributed by atoms with van der Waals surface area (Å²) < 4.78 is 0. The van der Waals surface area contributed by atoms with Crippen LogP contribution >= 0.6 is 0 Å². The predicted molar refractivity (Wildman–Crippen MR) is 65.9 cm³/mol. The molecule has 2 aromatic rings. The highest BCUT2D eigenvalue weighted by Crippen LogP contribution is 2.28. The molecule has 0 saturated carbocycles. The van der Waals surface area contributed by atoms with Crippen LogP contribution in [0.5, 0.6) is 0 Å². The third-order valence-electron chi connectivity index (χ3n) is 2.15. The molecule has 0 radical (unpaired) electrons. The van der Waals surface area contributed by atoms with Crippen LogP contribution in [0.4, 0.5) is 22.7 Å². The molecule has 2 aromatic carbocycles. The van der Waals surface area contributed by atoms with E-state index in [1.54, 1.807) is 18.2 Å². The Hall–Kier alpha value is -2.36. The molecule has 0 heterocycles. The van der Waals surface area contributed by atoms with Crippen molar-refractivity contribution in [2.24, 2.45) is 10.2 Å². The summed E-state index contributed by atoms with van der Waals surface area (Å²) >= 11 is 0. The van der Waals surface area contributed by atoms with Crippen LogP contribution < -0.4 is 11.5 Å². The number of nitrogens with zero attached hydrogens (tertiary/aromatic N) is 2. The molecule has 0 bridgehead atoms. The Bertz CT molecular complexity index is 506. The zero-order chi connectivity index (χ0) is 11.4. The van der Waals surface area contributed by atoms with Gasteiger partial charge >= 0.3 is 0 Å². The lowest BCUT2D eigenvalue weighted by atomic mass is 10.2. The van der Waals surface area contributed by atoms with Crippen LogP contribution in [-0.2, 0) is 0 Å². The molecular weight excluding hydrogens is 200 g/mol. The fourth-order valence-electron chi connectivity index (χ4n) is 1.26. The minimum Gasteiger partial charge on any atom is -0.397 e. The van der Waals surface area contributed by atoms with E-state index in [0.29, 0.717) is 17.1 Å². The van der Waals surface area contributed by atoms with Gasteiger partial charge in [-0.3, -0.25) is 0 Å². The molecule has 0 spiro atoms. The Morgan fingerprint density at radius 2 is 1.50 bits per heavy atom. The summed E-state index contributed by atoms with van der Waals surface area (Å²) in [4.78, 5) is 0. The van der Waals surface area contributed by atoms with E-state index in [9.17, 15) is 0 Å². The van der Waals surface area contributed by atoms with Gasteiger partial charge in [-0.15, -0.1) is 5.11 Å². The van der Waals surface area contributed by atoms with Crippen LogP contribution in [-0.4, -0.2) is 0 Å². The summed E-state index contributed by atoms with van der Waals surface area (Å²) in [5.74, 6) is 0. The Morgan fingerprint density at radius 1 is 0.750 bits per heavy atom. The second-order valence-electron chi connectivity index (χ2n) is 3.32. The molecule has 4 N–H and O–H groups in total. The number of hydrogen-bond acceptors (Lipinski definition) is 4. The van der Waals surface area contributed by atoms with Crippen LogP contribution in [0.25, 0.3) is 0 Å².